The molecular formula is C17H15Cl2N3. The average Bonchev–Trinajstić information content (AvgIpc) is 2.49. The van der Waals surface area contributed by atoms with Crippen LogP contribution in [0.15, 0.2) is 42.5 Å². The number of nitrogen functional groups attached to an aromatic ring is 1. The van der Waals surface area contributed by atoms with Gasteiger partial charge in [0.1, 0.15) is 5.82 Å². The molecule has 5 heteroatoms. The van der Waals surface area contributed by atoms with Gasteiger partial charge in [-0.15, -0.1) is 0 Å². The van der Waals surface area contributed by atoms with E-state index in [1.165, 1.54) is 0 Å². The highest BCUT2D eigenvalue weighted by atomic mass is 35.5. The van der Waals surface area contributed by atoms with E-state index in [4.69, 9.17) is 28.9 Å². The molecule has 22 heavy (non-hydrogen) atoms. The fourth-order valence-corrected chi connectivity index (χ4v) is 2.78. The number of hydrogen-bond acceptors (Lipinski definition) is 3. The van der Waals surface area contributed by atoms with Crippen molar-refractivity contribution in [1.29, 1.82) is 0 Å². The second kappa shape index (κ2) is 5.67. The summed E-state index contributed by atoms with van der Waals surface area (Å²) in [5.41, 5.74) is 9.65. The first-order valence-corrected chi connectivity index (χ1v) is 7.55. The lowest BCUT2D eigenvalue weighted by Gasteiger charge is -2.14. The molecule has 0 unspecified atom stereocenters. The zero-order valence-electron chi connectivity index (χ0n) is 12.3. The Labute approximate surface area is 139 Å². The molecule has 0 saturated carbocycles. The van der Waals surface area contributed by atoms with Crippen molar-refractivity contribution in [3.63, 3.8) is 0 Å². The molecule has 0 saturated heterocycles. The van der Waals surface area contributed by atoms with Crippen LogP contribution in [-0.2, 0) is 0 Å². The van der Waals surface area contributed by atoms with Crippen LogP contribution in [0.25, 0.3) is 22.0 Å². The van der Waals surface area contributed by atoms with Gasteiger partial charge < -0.3 is 10.6 Å². The number of aromatic nitrogens is 1. The SMILES string of the molecule is CN(C)c1ccc2cc(-c3cccc(Cl)c3Cl)c(N)nc2c1. The zero-order valence-corrected chi connectivity index (χ0v) is 13.8. The standard InChI is InChI=1S/C17H15Cl2N3/c1-22(2)11-7-6-10-8-13(17(20)21-15(10)9-11)12-4-3-5-14(18)16(12)19/h3-9H,1-2H3,(H2,20,21). The van der Waals surface area contributed by atoms with Crippen molar-refractivity contribution >= 4 is 45.6 Å². The van der Waals surface area contributed by atoms with E-state index in [-0.39, 0.29) is 0 Å². The van der Waals surface area contributed by atoms with Crippen LogP contribution in [0, 0.1) is 0 Å². The molecule has 0 fully saturated rings. The molecule has 3 nitrogen and oxygen atoms in total. The summed E-state index contributed by atoms with van der Waals surface area (Å²) in [4.78, 5) is 6.54. The molecule has 2 aromatic carbocycles. The van der Waals surface area contributed by atoms with E-state index in [1.54, 1.807) is 6.07 Å². The van der Waals surface area contributed by atoms with Crippen molar-refractivity contribution in [2.45, 2.75) is 0 Å². The minimum Gasteiger partial charge on any atom is -0.383 e. The van der Waals surface area contributed by atoms with Crippen LogP contribution >= 0.6 is 23.2 Å². The largest absolute Gasteiger partial charge is 0.383 e. The molecule has 0 radical (unpaired) electrons. The third-order valence-electron chi connectivity index (χ3n) is 3.59. The van der Waals surface area contributed by atoms with Crippen molar-refractivity contribution in [3.8, 4) is 11.1 Å². The first-order valence-electron chi connectivity index (χ1n) is 6.79. The normalized spacial score (nSPS) is 10.9. The molecule has 1 aromatic heterocycles. The Morgan fingerprint density at radius 2 is 1.77 bits per heavy atom. The molecule has 3 aromatic rings. The lowest BCUT2D eigenvalue weighted by molar-refractivity contribution is 1.13. The molecule has 0 atom stereocenters. The third kappa shape index (κ3) is 2.58. The lowest BCUT2D eigenvalue weighted by Crippen LogP contribution is -2.08. The molecule has 3 rings (SSSR count). The van der Waals surface area contributed by atoms with E-state index in [2.05, 4.69) is 4.98 Å². The Morgan fingerprint density at radius 3 is 2.50 bits per heavy atom. The Kier molecular flexibility index (Phi) is 3.85. The number of nitrogens with zero attached hydrogens (tertiary/aromatic N) is 2. The summed E-state index contributed by atoms with van der Waals surface area (Å²) in [6.07, 6.45) is 0. The highest BCUT2D eigenvalue weighted by molar-refractivity contribution is 6.43. The highest BCUT2D eigenvalue weighted by Gasteiger charge is 2.12. The maximum Gasteiger partial charge on any atom is 0.132 e. The smallest absolute Gasteiger partial charge is 0.132 e. The summed E-state index contributed by atoms with van der Waals surface area (Å²) in [5.74, 6) is 0.438. The molecule has 0 bridgehead atoms. The number of benzene rings is 2. The van der Waals surface area contributed by atoms with E-state index in [1.807, 2.05) is 55.4 Å². The summed E-state index contributed by atoms with van der Waals surface area (Å²) >= 11 is 12.4. The van der Waals surface area contributed by atoms with Crippen LogP contribution in [0.3, 0.4) is 0 Å². The monoisotopic (exact) mass is 331 g/mol. The topological polar surface area (TPSA) is 42.1 Å². The zero-order chi connectivity index (χ0) is 15.9. The Morgan fingerprint density at radius 1 is 1.00 bits per heavy atom. The van der Waals surface area contributed by atoms with E-state index in [0.29, 0.717) is 15.9 Å². The predicted molar refractivity (Wildman–Crippen MR) is 95.9 cm³/mol. The van der Waals surface area contributed by atoms with Gasteiger partial charge in [-0.1, -0.05) is 41.4 Å². The number of rotatable bonds is 2. The summed E-state index contributed by atoms with van der Waals surface area (Å²) in [5, 5.41) is 1.99. The van der Waals surface area contributed by atoms with Gasteiger partial charge in [0.05, 0.1) is 15.6 Å². The molecule has 2 N–H and O–H groups in total. The van der Waals surface area contributed by atoms with Crippen LogP contribution in [0.1, 0.15) is 0 Å². The molecule has 0 amide bonds. The third-order valence-corrected chi connectivity index (χ3v) is 4.41. The number of hydrogen-bond donors (Lipinski definition) is 1. The van der Waals surface area contributed by atoms with Gasteiger partial charge in [-0.3, -0.25) is 0 Å². The fourth-order valence-electron chi connectivity index (χ4n) is 2.38. The second-order valence-corrected chi connectivity index (χ2v) is 6.08. The lowest BCUT2D eigenvalue weighted by atomic mass is 10.0. The van der Waals surface area contributed by atoms with Gasteiger partial charge >= 0.3 is 0 Å². The molecule has 0 aliphatic carbocycles. The second-order valence-electron chi connectivity index (χ2n) is 5.29. The first kappa shape index (κ1) is 14.9. The van der Waals surface area contributed by atoms with Crippen LogP contribution in [-0.4, -0.2) is 19.1 Å². The summed E-state index contributed by atoms with van der Waals surface area (Å²) < 4.78 is 0. The molecule has 0 spiro atoms. The van der Waals surface area contributed by atoms with E-state index in [9.17, 15) is 0 Å². The van der Waals surface area contributed by atoms with Gasteiger partial charge in [-0.25, -0.2) is 4.98 Å². The maximum absolute atomic E-state index is 6.30. The van der Waals surface area contributed by atoms with Gasteiger partial charge in [0.15, 0.2) is 0 Å². The van der Waals surface area contributed by atoms with Crippen LogP contribution in [0.4, 0.5) is 11.5 Å². The number of halogens is 2. The predicted octanol–water partition coefficient (Wildman–Crippen LogP) is 4.86. The molecule has 112 valence electrons. The van der Waals surface area contributed by atoms with Crippen molar-refractivity contribution in [3.05, 3.63) is 52.5 Å². The van der Waals surface area contributed by atoms with Crippen LogP contribution < -0.4 is 10.6 Å². The van der Waals surface area contributed by atoms with Crippen molar-refractivity contribution in [1.82, 2.24) is 4.98 Å². The molecule has 1 heterocycles. The summed E-state index contributed by atoms with van der Waals surface area (Å²) in [7, 11) is 3.98. The summed E-state index contributed by atoms with van der Waals surface area (Å²) in [6, 6.07) is 13.6. The van der Waals surface area contributed by atoms with Gasteiger partial charge in [-0.2, -0.15) is 0 Å². The number of anilines is 2. The van der Waals surface area contributed by atoms with Crippen molar-refractivity contribution < 1.29 is 0 Å². The molecule has 0 aliphatic rings. The van der Waals surface area contributed by atoms with Gasteiger partial charge in [-0.05, 0) is 24.3 Å². The van der Waals surface area contributed by atoms with Gasteiger partial charge in [0.2, 0.25) is 0 Å². The van der Waals surface area contributed by atoms with E-state index in [0.717, 1.165) is 27.7 Å². The number of fused-ring (bicyclic) bond motifs is 1. The number of nitrogens with two attached hydrogens (primary N) is 1. The highest BCUT2D eigenvalue weighted by Crippen LogP contribution is 2.37. The van der Waals surface area contributed by atoms with Crippen LogP contribution in [0.5, 0.6) is 0 Å². The van der Waals surface area contributed by atoms with Gasteiger partial charge in [0, 0.05) is 36.3 Å². The Hall–Kier alpha value is -1.97. The van der Waals surface area contributed by atoms with Crippen molar-refractivity contribution in [2.24, 2.45) is 0 Å². The first-order chi connectivity index (χ1) is 10.5. The molecular weight excluding hydrogens is 317 g/mol. The Balaban J connectivity index is 2.22. The molecule has 0 aliphatic heterocycles. The Bertz CT molecular complexity index is 860. The fraction of sp³-hybridized carbons (Fsp3) is 0.118. The van der Waals surface area contributed by atoms with E-state index >= 15 is 0 Å². The van der Waals surface area contributed by atoms with Crippen LogP contribution in [0.2, 0.25) is 10.0 Å². The van der Waals surface area contributed by atoms with Gasteiger partial charge in [0.25, 0.3) is 0 Å². The minimum atomic E-state index is 0.438. The quantitative estimate of drug-likeness (QED) is 0.729. The average molecular weight is 332 g/mol. The van der Waals surface area contributed by atoms with Crippen molar-refractivity contribution in [2.75, 3.05) is 24.7 Å². The summed E-state index contributed by atoms with van der Waals surface area (Å²) in [6.45, 7) is 0. The number of pyridine rings is 1. The minimum absolute atomic E-state index is 0.438. The van der Waals surface area contributed by atoms with E-state index < -0.39 is 0 Å². The maximum atomic E-state index is 6.30.